The minimum atomic E-state index is -3.31. The van der Waals surface area contributed by atoms with E-state index in [0.717, 1.165) is 16.8 Å². The molecule has 0 spiro atoms. The Balaban J connectivity index is 1.89. The third-order valence-corrected chi connectivity index (χ3v) is 5.05. The number of nitrogens with zero attached hydrogens (tertiary/aromatic N) is 1. The van der Waals surface area contributed by atoms with Crippen LogP contribution in [0.25, 0.3) is 0 Å². The first-order valence-electron chi connectivity index (χ1n) is 8.19. The van der Waals surface area contributed by atoms with Gasteiger partial charge in [-0.05, 0) is 44.0 Å². The van der Waals surface area contributed by atoms with E-state index in [9.17, 15) is 13.5 Å². The molecule has 0 atom stereocenters. The molecule has 1 aromatic heterocycles. The second-order valence-corrected chi connectivity index (χ2v) is 8.12. The molecule has 1 aromatic carbocycles. The van der Waals surface area contributed by atoms with Crippen LogP contribution < -0.4 is 10.0 Å². The van der Waals surface area contributed by atoms with Crippen LogP contribution in [0.1, 0.15) is 36.4 Å². The molecule has 2 rings (SSSR count). The number of hydrogen-bond acceptors (Lipinski definition) is 5. The zero-order chi connectivity index (χ0) is 18.4. The van der Waals surface area contributed by atoms with Crippen molar-refractivity contribution < 1.29 is 13.5 Å². The lowest BCUT2D eigenvalue weighted by atomic mass is 10.1. The number of rotatable bonds is 8. The Morgan fingerprint density at radius 2 is 1.68 bits per heavy atom. The first kappa shape index (κ1) is 19.4. The fraction of sp³-hybridized carbons (Fsp3) is 0.389. The van der Waals surface area contributed by atoms with Crippen molar-refractivity contribution in [2.45, 2.75) is 45.7 Å². The summed E-state index contributed by atoms with van der Waals surface area (Å²) in [4.78, 5) is 4.30. The molecule has 3 N–H and O–H groups in total. The van der Waals surface area contributed by atoms with Crippen LogP contribution in [0.5, 0.6) is 5.75 Å². The van der Waals surface area contributed by atoms with Crippen LogP contribution in [-0.4, -0.2) is 24.6 Å². The van der Waals surface area contributed by atoms with Gasteiger partial charge in [0.05, 0.1) is 11.4 Å². The number of aromatic hydroxyl groups is 1. The summed E-state index contributed by atoms with van der Waals surface area (Å²) in [6.07, 6.45) is 0. The van der Waals surface area contributed by atoms with Crippen molar-refractivity contribution in [2.75, 3.05) is 0 Å². The standard InChI is InChI=1S/C18H25N3O3S/c1-13(2)21-25(23,24)12-16-7-5-15(6-8-16)10-19-11-17-18(22)9-4-14(3)20-17/h4-9,13,19,21-22H,10-12H2,1-3H3. The molecule has 7 heteroatoms. The monoisotopic (exact) mass is 363 g/mol. The maximum absolute atomic E-state index is 11.9. The zero-order valence-corrected chi connectivity index (χ0v) is 15.6. The third-order valence-electron chi connectivity index (χ3n) is 3.51. The molecular formula is C18H25N3O3S. The fourth-order valence-corrected chi connectivity index (χ4v) is 3.86. The van der Waals surface area contributed by atoms with Crippen LogP contribution in [0.3, 0.4) is 0 Å². The molecular weight excluding hydrogens is 338 g/mol. The van der Waals surface area contributed by atoms with E-state index >= 15 is 0 Å². The third kappa shape index (κ3) is 6.45. The van der Waals surface area contributed by atoms with Crippen LogP contribution in [0, 0.1) is 6.92 Å². The summed E-state index contributed by atoms with van der Waals surface area (Å²) < 4.78 is 26.4. The molecule has 25 heavy (non-hydrogen) atoms. The second-order valence-electron chi connectivity index (χ2n) is 6.37. The topological polar surface area (TPSA) is 91.3 Å². The lowest BCUT2D eigenvalue weighted by Gasteiger charge is -2.10. The quantitative estimate of drug-likeness (QED) is 0.669. The number of benzene rings is 1. The molecule has 0 amide bonds. The summed E-state index contributed by atoms with van der Waals surface area (Å²) >= 11 is 0. The van der Waals surface area contributed by atoms with Crippen LogP contribution in [0.4, 0.5) is 0 Å². The number of nitrogens with one attached hydrogen (secondary N) is 2. The summed E-state index contributed by atoms with van der Waals surface area (Å²) in [5.74, 6) is 0.149. The highest BCUT2D eigenvalue weighted by Crippen LogP contribution is 2.14. The predicted molar refractivity (Wildman–Crippen MR) is 98.5 cm³/mol. The van der Waals surface area contributed by atoms with Crippen molar-refractivity contribution in [3.05, 3.63) is 58.9 Å². The van der Waals surface area contributed by atoms with Gasteiger partial charge in [-0.3, -0.25) is 4.98 Å². The van der Waals surface area contributed by atoms with Gasteiger partial charge in [0.25, 0.3) is 0 Å². The van der Waals surface area contributed by atoms with Crippen molar-refractivity contribution >= 4 is 10.0 Å². The molecule has 6 nitrogen and oxygen atoms in total. The van der Waals surface area contributed by atoms with Crippen molar-refractivity contribution in [3.63, 3.8) is 0 Å². The van der Waals surface area contributed by atoms with Gasteiger partial charge in [-0.25, -0.2) is 13.1 Å². The molecule has 0 aliphatic carbocycles. The minimum Gasteiger partial charge on any atom is -0.506 e. The van der Waals surface area contributed by atoms with E-state index in [1.165, 1.54) is 0 Å². The molecule has 0 aliphatic heterocycles. The first-order valence-corrected chi connectivity index (χ1v) is 9.84. The minimum absolute atomic E-state index is 0.0278. The summed E-state index contributed by atoms with van der Waals surface area (Å²) in [5.41, 5.74) is 3.25. The van der Waals surface area contributed by atoms with Gasteiger partial charge >= 0.3 is 0 Å². The van der Waals surface area contributed by atoms with Gasteiger partial charge in [0.15, 0.2) is 0 Å². The predicted octanol–water partition coefficient (Wildman–Crippen LogP) is 2.21. The zero-order valence-electron chi connectivity index (χ0n) is 14.8. The molecule has 2 aromatic rings. The van der Waals surface area contributed by atoms with E-state index in [0.29, 0.717) is 18.8 Å². The Labute approximate surface area is 149 Å². The van der Waals surface area contributed by atoms with Gasteiger partial charge in [0.2, 0.25) is 10.0 Å². The smallest absolute Gasteiger partial charge is 0.216 e. The van der Waals surface area contributed by atoms with Crippen LogP contribution in [-0.2, 0) is 28.9 Å². The first-order chi connectivity index (χ1) is 11.7. The number of aryl methyl sites for hydroxylation is 1. The molecule has 0 saturated carbocycles. The summed E-state index contributed by atoms with van der Waals surface area (Å²) in [7, 11) is -3.31. The highest BCUT2D eigenvalue weighted by molar-refractivity contribution is 7.88. The lowest BCUT2D eigenvalue weighted by Crippen LogP contribution is -2.31. The highest BCUT2D eigenvalue weighted by atomic mass is 32.2. The Bertz CT molecular complexity index is 803. The van der Waals surface area contributed by atoms with Gasteiger partial charge in [0.1, 0.15) is 5.75 Å². The molecule has 0 radical (unpaired) electrons. The summed E-state index contributed by atoms with van der Waals surface area (Å²) in [6, 6.07) is 10.7. The van der Waals surface area contributed by atoms with Crippen molar-refractivity contribution in [3.8, 4) is 5.75 Å². The highest BCUT2D eigenvalue weighted by Gasteiger charge is 2.12. The average Bonchev–Trinajstić information content (AvgIpc) is 2.51. The van der Waals surface area contributed by atoms with Crippen molar-refractivity contribution in [2.24, 2.45) is 0 Å². The van der Waals surface area contributed by atoms with Crippen molar-refractivity contribution in [1.29, 1.82) is 0 Å². The molecule has 0 fully saturated rings. The maximum atomic E-state index is 11.9. The van der Waals surface area contributed by atoms with Gasteiger partial charge in [-0.2, -0.15) is 0 Å². The molecule has 136 valence electrons. The average molecular weight is 363 g/mol. The summed E-state index contributed by atoms with van der Waals surface area (Å²) in [6.45, 7) is 6.54. The summed E-state index contributed by atoms with van der Waals surface area (Å²) in [5, 5.41) is 13.0. The van der Waals surface area contributed by atoms with Gasteiger partial charge in [0, 0.05) is 24.8 Å². The Morgan fingerprint density at radius 3 is 2.32 bits per heavy atom. The second kappa shape index (κ2) is 8.42. The number of aromatic nitrogens is 1. The lowest BCUT2D eigenvalue weighted by molar-refractivity contribution is 0.459. The largest absolute Gasteiger partial charge is 0.506 e. The Kier molecular flexibility index (Phi) is 6.52. The van der Waals surface area contributed by atoms with E-state index in [2.05, 4.69) is 15.0 Å². The Hall–Kier alpha value is -1.96. The molecule has 1 heterocycles. The van der Waals surface area contributed by atoms with Crippen LogP contribution in [0.15, 0.2) is 36.4 Å². The molecule has 0 aliphatic rings. The fourth-order valence-electron chi connectivity index (χ4n) is 2.43. The number of pyridine rings is 1. The van der Waals surface area contributed by atoms with E-state index in [1.807, 2.05) is 31.2 Å². The molecule has 0 saturated heterocycles. The van der Waals surface area contributed by atoms with Gasteiger partial charge in [-0.15, -0.1) is 0 Å². The number of hydrogen-bond donors (Lipinski definition) is 3. The van der Waals surface area contributed by atoms with E-state index in [-0.39, 0.29) is 17.5 Å². The molecule has 0 bridgehead atoms. The van der Waals surface area contributed by atoms with E-state index in [1.54, 1.807) is 26.0 Å². The molecule has 0 unspecified atom stereocenters. The van der Waals surface area contributed by atoms with Crippen LogP contribution in [0.2, 0.25) is 0 Å². The Morgan fingerprint density at radius 1 is 1.04 bits per heavy atom. The van der Waals surface area contributed by atoms with E-state index in [4.69, 9.17) is 0 Å². The van der Waals surface area contributed by atoms with Crippen LogP contribution >= 0.6 is 0 Å². The normalized spacial score (nSPS) is 11.8. The van der Waals surface area contributed by atoms with Gasteiger partial charge in [-0.1, -0.05) is 24.3 Å². The van der Waals surface area contributed by atoms with Gasteiger partial charge < -0.3 is 10.4 Å². The van der Waals surface area contributed by atoms with Crippen molar-refractivity contribution in [1.82, 2.24) is 15.0 Å². The SMILES string of the molecule is Cc1ccc(O)c(CNCc2ccc(CS(=O)(=O)NC(C)C)cc2)n1. The van der Waals surface area contributed by atoms with E-state index < -0.39 is 10.0 Å². The number of sulfonamides is 1. The maximum Gasteiger partial charge on any atom is 0.216 e.